The van der Waals surface area contributed by atoms with E-state index in [0.717, 1.165) is 0 Å². The van der Waals surface area contributed by atoms with Gasteiger partial charge in [0, 0.05) is 0 Å². The molecule has 0 unspecified atom stereocenters. The van der Waals surface area contributed by atoms with Crippen LogP contribution in [0.3, 0.4) is 0 Å². The highest BCUT2D eigenvalue weighted by atomic mass is 16.7. The molecule has 0 bridgehead atoms. The van der Waals surface area contributed by atoms with Crippen LogP contribution < -0.4 is 27.5 Å². The number of para-hydroxylation sites is 2. The quantitative estimate of drug-likeness (QED) is 0.264. The minimum absolute atomic E-state index is 0.322. The lowest BCUT2D eigenvalue weighted by atomic mass is 10.3. The number of hydrogen-bond acceptors (Lipinski definition) is 10. The lowest BCUT2D eigenvalue weighted by Gasteiger charge is -2.05. The zero-order valence-corrected chi connectivity index (χ0v) is 22.0. The van der Waals surface area contributed by atoms with Crippen LogP contribution in [0.15, 0.2) is 60.7 Å². The largest absolute Gasteiger partial charge is 0.508 e. The summed E-state index contributed by atoms with van der Waals surface area (Å²) in [6.45, 7) is 8.21. The number of ether oxygens (including phenoxy) is 4. The second-order valence-corrected chi connectivity index (χ2v) is 5.83. The molecule has 2 rings (SSSR count). The number of aromatic hydroxyl groups is 1. The summed E-state index contributed by atoms with van der Waals surface area (Å²) >= 11 is 0. The molecular formula is C24H38N4O10. The van der Waals surface area contributed by atoms with Crippen molar-refractivity contribution in [2.24, 2.45) is 17.2 Å². The van der Waals surface area contributed by atoms with E-state index in [0.29, 0.717) is 37.9 Å². The standard InChI is InChI=1S/C9H11NO3.C6H6O.3C3H7NO2/c1-2-12-9(11)10-13-8-6-4-3-5-7-8;7-6-4-2-1-3-5-6;3*1-2-6-3(4)5/h3-7H,2H2,1H3,(H,10,11);1-5,7H;3*2H2,1H3,(H2,4,5). The zero-order valence-electron chi connectivity index (χ0n) is 22.0. The fourth-order valence-electron chi connectivity index (χ4n) is 1.60. The number of carbonyl (C=O) groups excluding carboxylic acids is 4. The van der Waals surface area contributed by atoms with E-state index in [1.165, 1.54) is 0 Å². The summed E-state index contributed by atoms with van der Waals surface area (Å²) in [7, 11) is 0. The van der Waals surface area contributed by atoms with Gasteiger partial charge in [0.05, 0.1) is 26.4 Å². The van der Waals surface area contributed by atoms with E-state index in [-0.39, 0.29) is 0 Å². The number of nitrogens with one attached hydrogen (secondary N) is 1. The summed E-state index contributed by atoms with van der Waals surface area (Å²) in [5, 5.41) is 8.63. The number of rotatable bonds is 6. The van der Waals surface area contributed by atoms with E-state index >= 15 is 0 Å². The van der Waals surface area contributed by atoms with Crippen LogP contribution in [-0.2, 0) is 18.9 Å². The van der Waals surface area contributed by atoms with Crippen LogP contribution in [0, 0.1) is 0 Å². The molecule has 0 aliphatic rings. The van der Waals surface area contributed by atoms with Crippen molar-refractivity contribution in [3.63, 3.8) is 0 Å². The zero-order chi connectivity index (χ0) is 29.6. The average molecular weight is 543 g/mol. The van der Waals surface area contributed by atoms with Gasteiger partial charge in [0.15, 0.2) is 5.75 Å². The molecule has 0 aliphatic carbocycles. The molecule has 2 aromatic carbocycles. The molecule has 4 amide bonds. The average Bonchev–Trinajstić information content (AvgIpc) is 2.85. The maximum absolute atomic E-state index is 10.8. The summed E-state index contributed by atoms with van der Waals surface area (Å²) in [4.78, 5) is 44.5. The predicted molar refractivity (Wildman–Crippen MR) is 139 cm³/mol. The van der Waals surface area contributed by atoms with Crippen molar-refractivity contribution in [1.29, 1.82) is 0 Å². The van der Waals surface area contributed by atoms with Gasteiger partial charge < -0.3 is 46.1 Å². The second-order valence-electron chi connectivity index (χ2n) is 5.83. The van der Waals surface area contributed by atoms with Crippen molar-refractivity contribution in [3.05, 3.63) is 60.7 Å². The fraction of sp³-hybridized carbons (Fsp3) is 0.333. The number of hydroxylamine groups is 1. The number of phenolic OH excluding ortho intramolecular Hbond substituents is 1. The first-order valence-electron chi connectivity index (χ1n) is 11.2. The van der Waals surface area contributed by atoms with Gasteiger partial charge in [-0.1, -0.05) is 36.4 Å². The molecule has 214 valence electrons. The molecule has 14 nitrogen and oxygen atoms in total. The van der Waals surface area contributed by atoms with Crippen LogP contribution in [0.5, 0.6) is 11.5 Å². The smallest absolute Gasteiger partial charge is 0.440 e. The second kappa shape index (κ2) is 28.4. The van der Waals surface area contributed by atoms with Crippen molar-refractivity contribution in [1.82, 2.24) is 5.48 Å². The summed E-state index contributed by atoms with van der Waals surface area (Å²) < 4.78 is 17.1. The Labute approximate surface area is 221 Å². The molecule has 38 heavy (non-hydrogen) atoms. The van der Waals surface area contributed by atoms with Crippen LogP contribution in [0.4, 0.5) is 19.2 Å². The highest BCUT2D eigenvalue weighted by Gasteiger charge is 1.99. The van der Waals surface area contributed by atoms with E-state index in [2.05, 4.69) is 41.6 Å². The van der Waals surface area contributed by atoms with E-state index < -0.39 is 24.4 Å². The Bertz CT molecular complexity index is 818. The van der Waals surface area contributed by atoms with Gasteiger partial charge in [-0.15, -0.1) is 0 Å². The summed E-state index contributed by atoms with van der Waals surface area (Å²) in [5.41, 5.74) is 15.8. The Morgan fingerprint density at radius 1 is 0.632 bits per heavy atom. The normalized spacial score (nSPS) is 8.21. The highest BCUT2D eigenvalue weighted by Crippen LogP contribution is 2.06. The van der Waals surface area contributed by atoms with Crippen LogP contribution >= 0.6 is 0 Å². The number of carbonyl (C=O) groups is 4. The number of amides is 4. The molecule has 0 radical (unpaired) electrons. The van der Waals surface area contributed by atoms with Crippen molar-refractivity contribution >= 4 is 24.4 Å². The lowest BCUT2D eigenvalue weighted by molar-refractivity contribution is 0.104. The topological polar surface area (TPSA) is 225 Å². The van der Waals surface area contributed by atoms with E-state index in [1.54, 1.807) is 64.1 Å². The number of primary amides is 3. The van der Waals surface area contributed by atoms with Crippen molar-refractivity contribution in [2.45, 2.75) is 27.7 Å². The molecule has 0 aromatic heterocycles. The summed E-state index contributed by atoms with van der Waals surface area (Å²) in [5.74, 6) is 0.887. The van der Waals surface area contributed by atoms with Gasteiger partial charge >= 0.3 is 24.4 Å². The molecule has 14 heteroatoms. The Balaban J connectivity index is -0.000000425. The number of benzene rings is 2. The molecule has 0 saturated carbocycles. The Kier molecular flexibility index (Phi) is 28.1. The highest BCUT2D eigenvalue weighted by molar-refractivity contribution is 5.66. The predicted octanol–water partition coefficient (Wildman–Crippen LogP) is 3.42. The van der Waals surface area contributed by atoms with Gasteiger partial charge in [0.1, 0.15) is 5.75 Å². The van der Waals surface area contributed by atoms with Crippen LogP contribution in [0.25, 0.3) is 0 Å². The molecule has 0 saturated heterocycles. The monoisotopic (exact) mass is 542 g/mol. The van der Waals surface area contributed by atoms with E-state index in [1.807, 2.05) is 24.3 Å². The van der Waals surface area contributed by atoms with Gasteiger partial charge in [-0.3, -0.25) is 0 Å². The Hall–Kier alpha value is -4.88. The molecule has 0 heterocycles. The molecule has 0 aliphatic heterocycles. The third-order valence-electron chi connectivity index (χ3n) is 2.89. The molecule has 2 aromatic rings. The van der Waals surface area contributed by atoms with Gasteiger partial charge in [0.25, 0.3) is 0 Å². The molecule has 8 N–H and O–H groups in total. The van der Waals surface area contributed by atoms with Gasteiger partial charge in [-0.2, -0.15) is 5.48 Å². The minimum Gasteiger partial charge on any atom is -0.508 e. The van der Waals surface area contributed by atoms with Gasteiger partial charge in [-0.05, 0) is 52.0 Å². The van der Waals surface area contributed by atoms with Crippen molar-refractivity contribution in [2.75, 3.05) is 26.4 Å². The minimum atomic E-state index is -0.711. The number of nitrogens with two attached hydrogens (primary N) is 3. The van der Waals surface area contributed by atoms with E-state index in [9.17, 15) is 19.2 Å². The third-order valence-corrected chi connectivity index (χ3v) is 2.89. The maximum Gasteiger partial charge on any atom is 0.440 e. The van der Waals surface area contributed by atoms with Crippen molar-refractivity contribution in [3.8, 4) is 11.5 Å². The first kappa shape index (κ1) is 37.7. The number of phenols is 1. The lowest BCUT2D eigenvalue weighted by Crippen LogP contribution is -2.27. The SMILES string of the molecule is CCOC(=O)NOc1ccccc1.CCOC(N)=O.CCOC(N)=O.CCOC(N)=O.Oc1ccccc1. The van der Waals surface area contributed by atoms with Crippen LogP contribution in [0.1, 0.15) is 27.7 Å². The van der Waals surface area contributed by atoms with Crippen LogP contribution in [-0.4, -0.2) is 55.9 Å². The van der Waals surface area contributed by atoms with Gasteiger partial charge in [-0.25, -0.2) is 19.2 Å². The maximum atomic E-state index is 10.8. The van der Waals surface area contributed by atoms with Gasteiger partial charge in [0.2, 0.25) is 0 Å². The molecule has 0 atom stereocenters. The Morgan fingerprint density at radius 2 is 0.974 bits per heavy atom. The molecule has 0 spiro atoms. The summed E-state index contributed by atoms with van der Waals surface area (Å²) in [6.07, 6.45) is -2.72. The molecule has 0 fully saturated rings. The van der Waals surface area contributed by atoms with Crippen molar-refractivity contribution < 1.29 is 48.1 Å². The first-order valence-corrected chi connectivity index (χ1v) is 11.2. The Morgan fingerprint density at radius 3 is 1.21 bits per heavy atom. The first-order chi connectivity index (χ1) is 18.0. The third kappa shape index (κ3) is 35.7. The summed E-state index contributed by atoms with van der Waals surface area (Å²) in [6, 6.07) is 17.6. The van der Waals surface area contributed by atoms with E-state index in [4.69, 9.17) is 9.94 Å². The molecular weight excluding hydrogens is 504 g/mol. The van der Waals surface area contributed by atoms with Crippen LogP contribution in [0.2, 0.25) is 0 Å². The number of hydrogen-bond donors (Lipinski definition) is 5. The fourth-order valence-corrected chi connectivity index (χ4v) is 1.60.